The van der Waals surface area contributed by atoms with Gasteiger partial charge in [0.1, 0.15) is 5.60 Å². The zero-order valence-corrected chi connectivity index (χ0v) is 17.5. The maximum absolute atomic E-state index is 12.0. The second kappa shape index (κ2) is 11.4. The number of benzene rings is 1. The third-order valence-electron chi connectivity index (χ3n) is 3.65. The molecule has 0 saturated heterocycles. The van der Waals surface area contributed by atoms with Crippen molar-refractivity contribution in [1.29, 1.82) is 0 Å². The third-order valence-corrected chi connectivity index (χ3v) is 3.65. The fraction of sp³-hybridized carbons (Fsp3) is 0.600. The molecule has 0 unspecified atom stereocenters. The number of carbonyl (C=O) groups is 1. The summed E-state index contributed by atoms with van der Waals surface area (Å²) in [6.45, 7) is 8.30. The van der Waals surface area contributed by atoms with Gasteiger partial charge in [-0.1, -0.05) is 24.3 Å². The lowest BCUT2D eigenvalue weighted by Crippen LogP contribution is -2.37. The summed E-state index contributed by atoms with van der Waals surface area (Å²) in [5.74, 6) is 0.764. The molecule has 1 aromatic carbocycles. The van der Waals surface area contributed by atoms with Crippen LogP contribution in [0.1, 0.15) is 38.3 Å². The minimum atomic E-state index is -0.489. The summed E-state index contributed by atoms with van der Waals surface area (Å²) < 4.78 is 10.4. The van der Waals surface area contributed by atoms with E-state index in [1.165, 1.54) is 0 Å². The summed E-state index contributed by atoms with van der Waals surface area (Å²) in [4.78, 5) is 17.8. The van der Waals surface area contributed by atoms with Crippen LogP contribution in [0, 0.1) is 0 Å². The molecule has 0 heterocycles. The number of nitrogens with zero attached hydrogens (tertiary/aromatic N) is 2. The van der Waals surface area contributed by atoms with Crippen molar-refractivity contribution in [3.63, 3.8) is 0 Å². The molecule has 1 rings (SSSR count). The van der Waals surface area contributed by atoms with E-state index >= 15 is 0 Å². The summed E-state index contributed by atoms with van der Waals surface area (Å²) in [6, 6.07) is 8.13. The van der Waals surface area contributed by atoms with E-state index in [0.29, 0.717) is 13.1 Å². The van der Waals surface area contributed by atoms with Crippen LogP contribution in [0.25, 0.3) is 0 Å². The fourth-order valence-corrected chi connectivity index (χ4v) is 2.27. The van der Waals surface area contributed by atoms with Crippen molar-refractivity contribution in [2.45, 2.75) is 45.9 Å². The number of hydrogen-bond donors (Lipinski definition) is 2. The van der Waals surface area contributed by atoms with Crippen LogP contribution in [-0.4, -0.2) is 56.9 Å². The molecule has 0 spiro atoms. The van der Waals surface area contributed by atoms with E-state index in [4.69, 9.17) is 9.47 Å². The lowest BCUT2D eigenvalue weighted by molar-refractivity contribution is 0.0285. The minimum Gasteiger partial charge on any atom is -0.444 e. The van der Waals surface area contributed by atoms with Gasteiger partial charge in [-0.25, -0.2) is 4.79 Å². The Morgan fingerprint density at radius 1 is 1.15 bits per heavy atom. The average molecular weight is 379 g/mol. The quantitative estimate of drug-likeness (QED) is 0.413. The van der Waals surface area contributed by atoms with Crippen molar-refractivity contribution in [3.05, 3.63) is 35.4 Å². The van der Waals surface area contributed by atoms with Gasteiger partial charge in [-0.15, -0.1) is 0 Å². The molecule has 0 aromatic heterocycles. The number of hydrogen-bond acceptors (Lipinski definition) is 4. The van der Waals surface area contributed by atoms with Crippen LogP contribution < -0.4 is 10.6 Å². The Kier molecular flexibility index (Phi) is 9.64. The molecular formula is C20H34N4O3. The Morgan fingerprint density at radius 3 is 2.33 bits per heavy atom. The van der Waals surface area contributed by atoms with Gasteiger partial charge in [0.25, 0.3) is 0 Å². The van der Waals surface area contributed by atoms with E-state index < -0.39 is 5.60 Å². The highest BCUT2D eigenvalue weighted by Crippen LogP contribution is 2.12. The van der Waals surface area contributed by atoms with E-state index in [1.54, 1.807) is 26.1 Å². The standard InChI is InChI=1S/C20H34N4O3/c1-20(2,3)27-19(25)24(5)15-17-10-8-16(9-11-17)14-23-18(21-4)22-12-7-13-26-6/h8-11H,7,12-15H2,1-6H3,(H2,21,22,23). The van der Waals surface area contributed by atoms with Crippen molar-refractivity contribution in [3.8, 4) is 0 Å². The second-order valence-corrected chi connectivity index (χ2v) is 7.35. The van der Waals surface area contributed by atoms with Crippen LogP contribution >= 0.6 is 0 Å². The number of nitrogens with one attached hydrogen (secondary N) is 2. The van der Waals surface area contributed by atoms with Crippen molar-refractivity contribution in [2.75, 3.05) is 34.4 Å². The average Bonchev–Trinajstić information content (AvgIpc) is 2.61. The Balaban J connectivity index is 2.45. The monoisotopic (exact) mass is 378 g/mol. The maximum atomic E-state index is 12.0. The highest BCUT2D eigenvalue weighted by atomic mass is 16.6. The zero-order chi connectivity index (χ0) is 20.3. The lowest BCUT2D eigenvalue weighted by atomic mass is 10.1. The first-order valence-corrected chi connectivity index (χ1v) is 9.20. The number of amides is 1. The molecular weight excluding hydrogens is 344 g/mol. The van der Waals surface area contributed by atoms with Gasteiger partial charge in [0, 0.05) is 47.4 Å². The van der Waals surface area contributed by atoms with E-state index in [9.17, 15) is 4.79 Å². The van der Waals surface area contributed by atoms with Gasteiger partial charge in [0.15, 0.2) is 5.96 Å². The first kappa shape index (κ1) is 22.8. The number of ether oxygens (including phenoxy) is 2. The molecule has 0 aliphatic rings. The van der Waals surface area contributed by atoms with Crippen LogP contribution in [0.2, 0.25) is 0 Å². The van der Waals surface area contributed by atoms with Crippen LogP contribution in [0.5, 0.6) is 0 Å². The molecule has 1 amide bonds. The zero-order valence-electron chi connectivity index (χ0n) is 17.5. The normalized spacial score (nSPS) is 11.9. The third kappa shape index (κ3) is 9.84. The smallest absolute Gasteiger partial charge is 0.410 e. The molecule has 27 heavy (non-hydrogen) atoms. The van der Waals surface area contributed by atoms with E-state index in [-0.39, 0.29) is 6.09 Å². The molecule has 0 aliphatic heterocycles. The molecule has 7 nitrogen and oxygen atoms in total. The predicted octanol–water partition coefficient (Wildman–Crippen LogP) is 2.75. The number of rotatable bonds is 8. The van der Waals surface area contributed by atoms with Crippen molar-refractivity contribution < 1.29 is 14.3 Å². The first-order chi connectivity index (χ1) is 12.7. The van der Waals surface area contributed by atoms with Gasteiger partial charge in [-0.2, -0.15) is 0 Å². The summed E-state index contributed by atoms with van der Waals surface area (Å²) in [5.41, 5.74) is 1.70. The van der Waals surface area contributed by atoms with Crippen molar-refractivity contribution in [1.82, 2.24) is 15.5 Å². The summed E-state index contributed by atoms with van der Waals surface area (Å²) >= 11 is 0. The van der Waals surface area contributed by atoms with Crippen molar-refractivity contribution >= 4 is 12.1 Å². The number of aliphatic imine (C=N–C) groups is 1. The molecule has 0 aliphatic carbocycles. The lowest BCUT2D eigenvalue weighted by Gasteiger charge is -2.24. The van der Waals surface area contributed by atoms with Gasteiger partial charge in [0.05, 0.1) is 0 Å². The highest BCUT2D eigenvalue weighted by Gasteiger charge is 2.19. The molecule has 0 fully saturated rings. The Morgan fingerprint density at radius 2 is 1.78 bits per heavy atom. The summed E-state index contributed by atoms with van der Waals surface area (Å²) in [7, 11) is 5.19. The van der Waals surface area contributed by atoms with Crippen LogP contribution in [0.15, 0.2) is 29.3 Å². The van der Waals surface area contributed by atoms with Crippen LogP contribution in [0.3, 0.4) is 0 Å². The Labute approximate surface area is 163 Å². The second-order valence-electron chi connectivity index (χ2n) is 7.35. The van der Waals surface area contributed by atoms with Crippen LogP contribution in [-0.2, 0) is 22.6 Å². The molecule has 7 heteroatoms. The van der Waals surface area contributed by atoms with E-state index in [1.807, 2.05) is 45.0 Å². The fourth-order valence-electron chi connectivity index (χ4n) is 2.27. The SMILES string of the molecule is CN=C(NCCCOC)NCc1ccc(CN(C)C(=O)OC(C)(C)C)cc1. The minimum absolute atomic E-state index is 0.323. The highest BCUT2D eigenvalue weighted by molar-refractivity contribution is 5.79. The van der Waals surface area contributed by atoms with Gasteiger partial charge in [-0.05, 0) is 38.3 Å². The first-order valence-electron chi connectivity index (χ1n) is 9.20. The molecule has 2 N–H and O–H groups in total. The Hall–Kier alpha value is -2.28. The molecule has 0 saturated carbocycles. The Bertz CT molecular complexity index is 594. The maximum Gasteiger partial charge on any atom is 0.410 e. The largest absolute Gasteiger partial charge is 0.444 e. The van der Waals surface area contributed by atoms with Crippen molar-refractivity contribution in [2.24, 2.45) is 4.99 Å². The summed E-state index contributed by atoms with van der Waals surface area (Å²) in [5, 5.41) is 6.52. The van der Waals surface area contributed by atoms with E-state index in [0.717, 1.165) is 36.7 Å². The van der Waals surface area contributed by atoms with Gasteiger partial charge < -0.3 is 25.0 Å². The molecule has 0 radical (unpaired) electrons. The van der Waals surface area contributed by atoms with E-state index in [2.05, 4.69) is 15.6 Å². The van der Waals surface area contributed by atoms with Gasteiger partial charge in [-0.3, -0.25) is 4.99 Å². The molecule has 0 atom stereocenters. The van der Waals surface area contributed by atoms with Gasteiger partial charge in [0.2, 0.25) is 0 Å². The van der Waals surface area contributed by atoms with Crippen LogP contribution in [0.4, 0.5) is 4.79 Å². The number of guanidine groups is 1. The number of methoxy groups -OCH3 is 1. The molecule has 1 aromatic rings. The summed E-state index contributed by atoms with van der Waals surface area (Å²) in [6.07, 6.45) is 0.605. The predicted molar refractivity (Wildman–Crippen MR) is 109 cm³/mol. The molecule has 152 valence electrons. The topological polar surface area (TPSA) is 75.2 Å². The number of carbonyl (C=O) groups excluding carboxylic acids is 1. The molecule has 0 bridgehead atoms. The van der Waals surface area contributed by atoms with Gasteiger partial charge >= 0.3 is 6.09 Å².